The van der Waals surface area contributed by atoms with Crippen LogP contribution in [0.1, 0.15) is 43.7 Å². The number of halogens is 1. The van der Waals surface area contributed by atoms with Gasteiger partial charge in [-0.2, -0.15) is 11.3 Å². The van der Waals surface area contributed by atoms with Crippen LogP contribution < -0.4 is 15.5 Å². The normalized spacial score (nSPS) is 15.3. The first-order chi connectivity index (χ1) is 13.2. The third-order valence-electron chi connectivity index (χ3n) is 4.77. The van der Waals surface area contributed by atoms with E-state index in [4.69, 9.17) is 4.99 Å². The van der Waals surface area contributed by atoms with E-state index in [2.05, 4.69) is 53.4 Å². The number of aliphatic imine (C=N–C) groups is 1. The highest BCUT2D eigenvalue weighted by molar-refractivity contribution is 14.0. The third-order valence-corrected chi connectivity index (χ3v) is 5.47. The number of amides is 1. The molecule has 5 nitrogen and oxygen atoms in total. The van der Waals surface area contributed by atoms with E-state index in [1.807, 2.05) is 17.0 Å². The molecule has 0 aliphatic carbocycles. The first-order valence-electron chi connectivity index (χ1n) is 9.61. The Kier molecular flexibility index (Phi) is 9.24. The van der Waals surface area contributed by atoms with Crippen LogP contribution in [-0.4, -0.2) is 31.5 Å². The number of hydrogen-bond donors (Lipinski definition) is 2. The predicted octanol–water partition coefficient (Wildman–Crippen LogP) is 4.35. The first-order valence-corrected chi connectivity index (χ1v) is 10.5. The minimum atomic E-state index is 0. The molecule has 1 saturated heterocycles. The molecular formula is C21H29IN4OS. The quantitative estimate of drug-likeness (QED) is 0.330. The lowest BCUT2D eigenvalue weighted by molar-refractivity contribution is -0.117. The molecule has 0 spiro atoms. The average Bonchev–Trinajstić information content (AvgIpc) is 3.36. The molecule has 28 heavy (non-hydrogen) atoms. The molecule has 1 aliphatic rings. The molecule has 2 heterocycles. The van der Waals surface area contributed by atoms with Gasteiger partial charge in [-0.3, -0.25) is 4.79 Å². The number of benzene rings is 1. The SMILES string of the molecule is CCNC(=NCc1ccc(N2CCCC2=O)cc1)NCC(C)c1ccsc1.I. The van der Waals surface area contributed by atoms with Crippen LogP contribution in [0.15, 0.2) is 46.1 Å². The second-order valence-electron chi connectivity index (χ2n) is 6.85. The van der Waals surface area contributed by atoms with E-state index in [1.54, 1.807) is 11.3 Å². The molecule has 0 saturated carbocycles. The van der Waals surface area contributed by atoms with Crippen LogP contribution in [0, 0.1) is 0 Å². The fourth-order valence-corrected chi connectivity index (χ4v) is 3.92. The maximum absolute atomic E-state index is 11.8. The average molecular weight is 512 g/mol. The van der Waals surface area contributed by atoms with Gasteiger partial charge in [0.1, 0.15) is 0 Å². The number of rotatable bonds is 7. The summed E-state index contributed by atoms with van der Waals surface area (Å²) >= 11 is 1.73. The van der Waals surface area contributed by atoms with E-state index >= 15 is 0 Å². The summed E-state index contributed by atoms with van der Waals surface area (Å²) in [6, 6.07) is 10.3. The van der Waals surface area contributed by atoms with Crippen molar-refractivity contribution in [3.8, 4) is 0 Å². The van der Waals surface area contributed by atoms with Crippen molar-refractivity contribution >= 4 is 52.9 Å². The number of carbonyl (C=O) groups excluding carboxylic acids is 1. The Bertz CT molecular complexity index is 761. The Morgan fingerprint density at radius 3 is 2.64 bits per heavy atom. The van der Waals surface area contributed by atoms with Gasteiger partial charge in [0.2, 0.25) is 5.91 Å². The van der Waals surface area contributed by atoms with Crippen molar-refractivity contribution in [2.45, 2.75) is 39.2 Å². The van der Waals surface area contributed by atoms with Crippen LogP contribution >= 0.6 is 35.3 Å². The monoisotopic (exact) mass is 512 g/mol. The number of anilines is 1. The van der Waals surface area contributed by atoms with Gasteiger partial charge in [-0.1, -0.05) is 19.1 Å². The molecule has 0 radical (unpaired) electrons. The molecule has 1 unspecified atom stereocenters. The maximum atomic E-state index is 11.8. The van der Waals surface area contributed by atoms with Crippen LogP contribution in [-0.2, 0) is 11.3 Å². The van der Waals surface area contributed by atoms with Crippen LogP contribution in [0.3, 0.4) is 0 Å². The summed E-state index contributed by atoms with van der Waals surface area (Å²) in [4.78, 5) is 18.4. The largest absolute Gasteiger partial charge is 0.357 e. The van der Waals surface area contributed by atoms with E-state index in [1.165, 1.54) is 5.56 Å². The second-order valence-corrected chi connectivity index (χ2v) is 7.63. The molecule has 1 aliphatic heterocycles. The minimum Gasteiger partial charge on any atom is -0.357 e. The molecule has 0 bridgehead atoms. The molecule has 7 heteroatoms. The maximum Gasteiger partial charge on any atom is 0.227 e. The lowest BCUT2D eigenvalue weighted by atomic mass is 10.1. The summed E-state index contributed by atoms with van der Waals surface area (Å²) in [5.41, 5.74) is 3.48. The van der Waals surface area contributed by atoms with Crippen molar-refractivity contribution in [2.75, 3.05) is 24.5 Å². The van der Waals surface area contributed by atoms with Crippen LogP contribution in [0.2, 0.25) is 0 Å². The zero-order valence-electron chi connectivity index (χ0n) is 16.5. The fourth-order valence-electron chi connectivity index (χ4n) is 3.14. The molecule has 1 aromatic heterocycles. The highest BCUT2D eigenvalue weighted by Crippen LogP contribution is 2.22. The summed E-state index contributed by atoms with van der Waals surface area (Å²) in [5.74, 6) is 1.50. The van der Waals surface area contributed by atoms with Gasteiger partial charge in [-0.05, 0) is 59.3 Å². The van der Waals surface area contributed by atoms with Gasteiger partial charge in [0, 0.05) is 31.7 Å². The summed E-state index contributed by atoms with van der Waals surface area (Å²) < 4.78 is 0. The molecule has 2 N–H and O–H groups in total. The topological polar surface area (TPSA) is 56.7 Å². The Balaban J connectivity index is 0.00000280. The molecule has 2 aromatic rings. The van der Waals surface area contributed by atoms with Crippen LogP contribution in [0.25, 0.3) is 0 Å². The number of nitrogens with zero attached hydrogens (tertiary/aromatic N) is 2. The number of guanidine groups is 1. The molecule has 152 valence electrons. The zero-order valence-corrected chi connectivity index (χ0v) is 19.6. The van der Waals surface area contributed by atoms with Crippen molar-refractivity contribution in [3.05, 3.63) is 52.2 Å². The second kappa shape index (κ2) is 11.4. The Morgan fingerprint density at radius 1 is 1.25 bits per heavy atom. The van der Waals surface area contributed by atoms with E-state index in [0.29, 0.717) is 18.9 Å². The van der Waals surface area contributed by atoms with Gasteiger partial charge in [0.05, 0.1) is 6.54 Å². The number of hydrogen-bond acceptors (Lipinski definition) is 3. The van der Waals surface area contributed by atoms with E-state index in [0.717, 1.165) is 43.3 Å². The molecular weight excluding hydrogens is 483 g/mol. The van der Waals surface area contributed by atoms with Crippen molar-refractivity contribution in [1.29, 1.82) is 0 Å². The lowest BCUT2D eigenvalue weighted by Crippen LogP contribution is -2.39. The molecule has 1 amide bonds. The van der Waals surface area contributed by atoms with Crippen molar-refractivity contribution in [2.24, 2.45) is 4.99 Å². The Morgan fingerprint density at radius 2 is 2.04 bits per heavy atom. The summed E-state index contributed by atoms with van der Waals surface area (Å²) in [6.07, 6.45) is 1.61. The van der Waals surface area contributed by atoms with Gasteiger partial charge < -0.3 is 15.5 Å². The van der Waals surface area contributed by atoms with Gasteiger partial charge in [0.25, 0.3) is 0 Å². The highest BCUT2D eigenvalue weighted by Gasteiger charge is 2.21. The molecule has 1 atom stereocenters. The van der Waals surface area contributed by atoms with E-state index in [-0.39, 0.29) is 29.9 Å². The lowest BCUT2D eigenvalue weighted by Gasteiger charge is -2.16. The number of thiophene rings is 1. The first kappa shape index (κ1) is 22.7. The summed E-state index contributed by atoms with van der Waals surface area (Å²) in [5, 5.41) is 11.0. The number of nitrogens with one attached hydrogen (secondary N) is 2. The van der Waals surface area contributed by atoms with Crippen LogP contribution in [0.4, 0.5) is 5.69 Å². The summed E-state index contributed by atoms with van der Waals surface area (Å²) in [6.45, 7) is 7.40. The predicted molar refractivity (Wildman–Crippen MR) is 129 cm³/mol. The standard InChI is InChI=1S/C21H28N4OS.HI/c1-3-22-21(23-13-16(2)18-10-12-27-15-18)24-14-17-6-8-19(9-7-17)25-11-4-5-20(25)26;/h6-10,12,15-16H,3-5,11,13-14H2,1-2H3,(H2,22,23,24);1H. The van der Waals surface area contributed by atoms with Gasteiger partial charge in [-0.15, -0.1) is 24.0 Å². The van der Waals surface area contributed by atoms with Crippen molar-refractivity contribution in [3.63, 3.8) is 0 Å². The minimum absolute atomic E-state index is 0. The van der Waals surface area contributed by atoms with Gasteiger partial charge in [-0.25, -0.2) is 4.99 Å². The van der Waals surface area contributed by atoms with Crippen molar-refractivity contribution < 1.29 is 4.79 Å². The Labute approximate surface area is 188 Å². The third kappa shape index (κ3) is 6.20. The smallest absolute Gasteiger partial charge is 0.227 e. The molecule has 1 aromatic carbocycles. The Hall–Kier alpha value is -1.61. The van der Waals surface area contributed by atoms with Crippen molar-refractivity contribution in [1.82, 2.24) is 10.6 Å². The zero-order chi connectivity index (χ0) is 19.1. The van der Waals surface area contributed by atoms with E-state index < -0.39 is 0 Å². The van der Waals surface area contributed by atoms with E-state index in [9.17, 15) is 4.79 Å². The molecule has 1 fully saturated rings. The number of carbonyl (C=O) groups is 1. The van der Waals surface area contributed by atoms with Crippen LogP contribution in [0.5, 0.6) is 0 Å². The molecule has 3 rings (SSSR count). The van der Waals surface area contributed by atoms with Gasteiger partial charge >= 0.3 is 0 Å². The summed E-state index contributed by atoms with van der Waals surface area (Å²) in [7, 11) is 0. The fraction of sp³-hybridized carbons (Fsp3) is 0.429. The highest BCUT2D eigenvalue weighted by atomic mass is 127. The van der Waals surface area contributed by atoms with Gasteiger partial charge in [0.15, 0.2) is 5.96 Å².